The van der Waals surface area contributed by atoms with Crippen molar-refractivity contribution in [3.8, 4) is 22.6 Å². The van der Waals surface area contributed by atoms with Gasteiger partial charge in [0.15, 0.2) is 5.58 Å². The van der Waals surface area contributed by atoms with E-state index in [9.17, 15) is 0 Å². The number of nitrogen functional groups attached to an aromatic ring is 1. The molecule has 0 bridgehead atoms. The van der Waals surface area contributed by atoms with E-state index in [4.69, 9.17) is 10.2 Å². The van der Waals surface area contributed by atoms with Gasteiger partial charge in [0.1, 0.15) is 11.3 Å². The summed E-state index contributed by atoms with van der Waals surface area (Å²) in [7, 11) is 0. The Bertz CT molecular complexity index is 1100. The SMILES string of the molecule is Nc1ncc(-c2cccc(N3CCCCC3)c2)cc1-c1nc2cnccc2o1. The summed E-state index contributed by atoms with van der Waals surface area (Å²) in [6, 6.07) is 12.4. The van der Waals surface area contributed by atoms with Crippen LogP contribution in [0, 0.1) is 0 Å². The van der Waals surface area contributed by atoms with Gasteiger partial charge in [-0.3, -0.25) is 4.98 Å². The van der Waals surface area contributed by atoms with Gasteiger partial charge in [0.05, 0.1) is 11.8 Å². The highest BCUT2D eigenvalue weighted by Gasteiger charge is 2.15. The lowest BCUT2D eigenvalue weighted by atomic mass is 10.0. The van der Waals surface area contributed by atoms with Crippen LogP contribution in [0.25, 0.3) is 33.7 Å². The minimum Gasteiger partial charge on any atom is -0.436 e. The number of hydrogen-bond acceptors (Lipinski definition) is 6. The topological polar surface area (TPSA) is 81.1 Å². The number of rotatable bonds is 3. The molecule has 0 aliphatic carbocycles. The Labute approximate surface area is 163 Å². The van der Waals surface area contributed by atoms with Crippen LogP contribution in [0.2, 0.25) is 0 Å². The van der Waals surface area contributed by atoms with Crippen LogP contribution in [0.5, 0.6) is 0 Å². The van der Waals surface area contributed by atoms with Crippen LogP contribution in [0.15, 0.2) is 59.4 Å². The molecule has 2 N–H and O–H groups in total. The smallest absolute Gasteiger partial charge is 0.231 e. The standard InChI is InChI=1S/C22H21N5O/c23-21-18(22-26-19-14-24-8-7-20(19)28-22)12-16(13-25-21)15-5-4-6-17(11-15)27-9-2-1-3-10-27/h4-8,11-14H,1-3,9-10H2,(H2,23,25). The molecule has 0 unspecified atom stereocenters. The largest absolute Gasteiger partial charge is 0.436 e. The number of benzene rings is 1. The number of nitrogens with zero attached hydrogens (tertiary/aromatic N) is 4. The molecule has 1 aliphatic heterocycles. The molecular formula is C22H21N5O. The van der Waals surface area contributed by atoms with Crippen molar-refractivity contribution in [1.82, 2.24) is 15.0 Å². The molecule has 6 nitrogen and oxygen atoms in total. The van der Waals surface area contributed by atoms with Gasteiger partial charge < -0.3 is 15.1 Å². The van der Waals surface area contributed by atoms with E-state index in [2.05, 4.69) is 44.1 Å². The molecule has 4 aromatic rings. The lowest BCUT2D eigenvalue weighted by Crippen LogP contribution is -2.29. The molecule has 0 spiro atoms. The van der Waals surface area contributed by atoms with Gasteiger partial charge in [-0.25, -0.2) is 9.97 Å². The molecule has 0 amide bonds. The molecule has 0 radical (unpaired) electrons. The van der Waals surface area contributed by atoms with Crippen molar-refractivity contribution in [1.29, 1.82) is 0 Å². The summed E-state index contributed by atoms with van der Waals surface area (Å²) in [5, 5.41) is 0. The Morgan fingerprint density at radius 1 is 0.964 bits per heavy atom. The fourth-order valence-corrected chi connectivity index (χ4v) is 3.73. The Morgan fingerprint density at radius 3 is 2.71 bits per heavy atom. The normalized spacial score (nSPS) is 14.5. The van der Waals surface area contributed by atoms with Gasteiger partial charge in [-0.15, -0.1) is 0 Å². The van der Waals surface area contributed by atoms with Crippen molar-refractivity contribution in [2.45, 2.75) is 19.3 Å². The maximum absolute atomic E-state index is 6.13. The molecule has 6 heteroatoms. The van der Waals surface area contributed by atoms with E-state index in [1.807, 2.05) is 6.07 Å². The molecular weight excluding hydrogens is 350 g/mol. The monoisotopic (exact) mass is 371 g/mol. The number of nitrogens with two attached hydrogens (primary N) is 1. The average molecular weight is 371 g/mol. The summed E-state index contributed by atoms with van der Waals surface area (Å²) < 4.78 is 5.87. The molecule has 1 aliphatic rings. The van der Waals surface area contributed by atoms with Crippen LogP contribution in [0.3, 0.4) is 0 Å². The summed E-state index contributed by atoms with van der Waals surface area (Å²) in [5.41, 5.74) is 11.6. The Balaban J connectivity index is 1.54. The predicted molar refractivity (Wildman–Crippen MR) is 111 cm³/mol. The zero-order valence-corrected chi connectivity index (χ0v) is 15.5. The summed E-state index contributed by atoms with van der Waals surface area (Å²) in [6.45, 7) is 2.23. The quantitative estimate of drug-likeness (QED) is 0.570. The molecule has 4 heterocycles. The fourth-order valence-electron chi connectivity index (χ4n) is 3.73. The van der Waals surface area contributed by atoms with E-state index in [0.717, 1.165) is 24.2 Å². The second-order valence-corrected chi connectivity index (χ2v) is 7.12. The Morgan fingerprint density at radius 2 is 1.86 bits per heavy atom. The van der Waals surface area contributed by atoms with E-state index >= 15 is 0 Å². The van der Waals surface area contributed by atoms with Gasteiger partial charge in [0.25, 0.3) is 0 Å². The number of anilines is 2. The van der Waals surface area contributed by atoms with Crippen molar-refractivity contribution >= 4 is 22.6 Å². The van der Waals surface area contributed by atoms with Crippen molar-refractivity contribution in [2.24, 2.45) is 0 Å². The van der Waals surface area contributed by atoms with Crippen LogP contribution in [-0.4, -0.2) is 28.0 Å². The molecule has 28 heavy (non-hydrogen) atoms. The maximum atomic E-state index is 6.13. The number of piperidine rings is 1. The summed E-state index contributed by atoms with van der Waals surface area (Å²) in [4.78, 5) is 15.4. The number of fused-ring (bicyclic) bond motifs is 1. The first-order chi connectivity index (χ1) is 13.8. The third kappa shape index (κ3) is 3.07. The predicted octanol–water partition coefficient (Wildman–Crippen LogP) is 4.52. The van der Waals surface area contributed by atoms with E-state index in [-0.39, 0.29) is 0 Å². The average Bonchev–Trinajstić information content (AvgIpc) is 3.19. The molecule has 1 aromatic carbocycles. The zero-order chi connectivity index (χ0) is 18.9. The van der Waals surface area contributed by atoms with E-state index in [1.54, 1.807) is 24.7 Å². The lowest BCUT2D eigenvalue weighted by Gasteiger charge is -2.29. The second kappa shape index (κ2) is 6.96. The Kier molecular flexibility index (Phi) is 4.16. The number of oxazole rings is 1. The highest BCUT2D eigenvalue weighted by atomic mass is 16.3. The van der Waals surface area contributed by atoms with Crippen molar-refractivity contribution in [3.63, 3.8) is 0 Å². The zero-order valence-electron chi connectivity index (χ0n) is 15.5. The number of hydrogen-bond donors (Lipinski definition) is 1. The molecule has 1 fully saturated rings. The maximum Gasteiger partial charge on any atom is 0.231 e. The first-order valence-corrected chi connectivity index (χ1v) is 9.60. The van der Waals surface area contributed by atoms with E-state index < -0.39 is 0 Å². The van der Waals surface area contributed by atoms with Gasteiger partial charge in [-0.05, 0) is 43.0 Å². The van der Waals surface area contributed by atoms with Crippen LogP contribution in [0.4, 0.5) is 11.5 Å². The third-order valence-corrected chi connectivity index (χ3v) is 5.24. The molecule has 5 rings (SSSR count). The van der Waals surface area contributed by atoms with Gasteiger partial charge in [-0.2, -0.15) is 0 Å². The number of aromatic nitrogens is 3. The summed E-state index contributed by atoms with van der Waals surface area (Å²) in [5.74, 6) is 0.859. The van der Waals surface area contributed by atoms with Crippen molar-refractivity contribution < 1.29 is 4.42 Å². The third-order valence-electron chi connectivity index (χ3n) is 5.24. The Hall–Kier alpha value is -3.41. The van der Waals surface area contributed by atoms with Gasteiger partial charge in [0.2, 0.25) is 5.89 Å². The van der Waals surface area contributed by atoms with Gasteiger partial charge in [0, 0.05) is 42.8 Å². The van der Waals surface area contributed by atoms with Crippen LogP contribution in [-0.2, 0) is 0 Å². The van der Waals surface area contributed by atoms with Crippen LogP contribution < -0.4 is 10.6 Å². The molecule has 3 aromatic heterocycles. The highest BCUT2D eigenvalue weighted by Crippen LogP contribution is 2.32. The first kappa shape index (κ1) is 16.7. The minimum atomic E-state index is 0.399. The highest BCUT2D eigenvalue weighted by molar-refractivity contribution is 5.81. The molecule has 1 saturated heterocycles. The van der Waals surface area contributed by atoms with E-state index in [1.165, 1.54) is 24.9 Å². The molecule has 0 saturated carbocycles. The summed E-state index contributed by atoms with van der Waals surface area (Å²) >= 11 is 0. The minimum absolute atomic E-state index is 0.399. The first-order valence-electron chi connectivity index (χ1n) is 9.60. The second-order valence-electron chi connectivity index (χ2n) is 7.12. The molecule has 0 atom stereocenters. The van der Waals surface area contributed by atoms with E-state index in [0.29, 0.717) is 28.4 Å². The van der Waals surface area contributed by atoms with Gasteiger partial charge >= 0.3 is 0 Å². The lowest BCUT2D eigenvalue weighted by molar-refractivity contribution is 0.578. The number of pyridine rings is 2. The molecule has 140 valence electrons. The van der Waals surface area contributed by atoms with Crippen LogP contribution in [0.1, 0.15) is 19.3 Å². The van der Waals surface area contributed by atoms with Crippen molar-refractivity contribution in [2.75, 3.05) is 23.7 Å². The fraction of sp³-hybridized carbons (Fsp3) is 0.227. The van der Waals surface area contributed by atoms with Crippen molar-refractivity contribution in [3.05, 3.63) is 55.0 Å². The van der Waals surface area contributed by atoms with Gasteiger partial charge in [-0.1, -0.05) is 12.1 Å². The summed E-state index contributed by atoms with van der Waals surface area (Å²) in [6.07, 6.45) is 8.99. The van der Waals surface area contributed by atoms with Crippen LogP contribution >= 0.6 is 0 Å².